The minimum absolute atomic E-state index is 0.313. The van der Waals surface area contributed by atoms with E-state index in [0.717, 1.165) is 5.70 Å². The highest BCUT2D eigenvalue weighted by Gasteiger charge is 2.11. The highest BCUT2D eigenvalue weighted by Crippen LogP contribution is 2.28. The van der Waals surface area contributed by atoms with Crippen molar-refractivity contribution >= 4 is 34.4 Å². The Bertz CT molecular complexity index is 176. The molecular formula is C5H7IN2S. The molecule has 9 heavy (non-hydrogen) atoms. The number of hydrogen-bond donors (Lipinski definition) is 2. The molecule has 0 fully saturated rings. The summed E-state index contributed by atoms with van der Waals surface area (Å²) >= 11 is 3.92. The topological polar surface area (TPSA) is 52.0 Å². The maximum Gasteiger partial charge on any atom is 0.102 e. The van der Waals surface area contributed by atoms with Crippen molar-refractivity contribution in [3.8, 4) is 0 Å². The van der Waals surface area contributed by atoms with Gasteiger partial charge in [0.05, 0.1) is 11.4 Å². The molecule has 0 saturated carbocycles. The number of alkyl halides is 1. The van der Waals surface area contributed by atoms with Crippen LogP contribution in [0.25, 0.3) is 0 Å². The van der Waals surface area contributed by atoms with Gasteiger partial charge in [0.1, 0.15) is 3.26 Å². The zero-order valence-electron chi connectivity index (χ0n) is 4.67. The van der Waals surface area contributed by atoms with Crippen LogP contribution in [-0.2, 0) is 0 Å². The molecule has 1 unspecified atom stereocenters. The maximum atomic E-state index is 5.60. The van der Waals surface area contributed by atoms with Crippen molar-refractivity contribution in [3.05, 3.63) is 22.9 Å². The second kappa shape index (κ2) is 2.83. The highest BCUT2D eigenvalue weighted by atomic mass is 127. The Morgan fingerprint density at radius 3 is 2.67 bits per heavy atom. The first-order valence-electron chi connectivity index (χ1n) is 2.43. The monoisotopic (exact) mass is 254 g/mol. The first kappa shape index (κ1) is 7.27. The molecule has 50 valence electrons. The van der Waals surface area contributed by atoms with Crippen LogP contribution < -0.4 is 11.5 Å². The van der Waals surface area contributed by atoms with Crippen LogP contribution in [0.1, 0.15) is 0 Å². The molecule has 2 nitrogen and oxygen atoms in total. The number of allylic oxidation sites excluding steroid dienone is 1. The van der Waals surface area contributed by atoms with Gasteiger partial charge in [-0.1, -0.05) is 22.6 Å². The van der Waals surface area contributed by atoms with Crippen molar-refractivity contribution in [1.82, 2.24) is 0 Å². The Balaban J connectivity index is 2.83. The fourth-order valence-corrected chi connectivity index (χ4v) is 2.00. The van der Waals surface area contributed by atoms with Crippen LogP contribution in [0.15, 0.2) is 22.9 Å². The predicted octanol–water partition coefficient (Wildman–Crippen LogP) is 1.14. The van der Waals surface area contributed by atoms with E-state index in [1.54, 1.807) is 11.8 Å². The van der Waals surface area contributed by atoms with E-state index >= 15 is 0 Å². The second-order valence-corrected chi connectivity index (χ2v) is 4.77. The van der Waals surface area contributed by atoms with E-state index in [1.807, 2.05) is 11.5 Å². The lowest BCUT2D eigenvalue weighted by atomic mass is 10.3. The minimum atomic E-state index is 0.313. The molecule has 1 aliphatic heterocycles. The van der Waals surface area contributed by atoms with E-state index in [-0.39, 0.29) is 0 Å². The summed E-state index contributed by atoms with van der Waals surface area (Å²) in [6.07, 6.45) is 1.83. The molecule has 1 aliphatic rings. The van der Waals surface area contributed by atoms with Gasteiger partial charge in [-0.3, -0.25) is 0 Å². The van der Waals surface area contributed by atoms with Crippen molar-refractivity contribution < 1.29 is 0 Å². The van der Waals surface area contributed by atoms with Gasteiger partial charge in [-0.25, -0.2) is 0 Å². The van der Waals surface area contributed by atoms with Crippen molar-refractivity contribution in [3.63, 3.8) is 0 Å². The number of thioether (sulfide) groups is 1. The predicted molar refractivity (Wildman–Crippen MR) is 49.9 cm³/mol. The minimum Gasteiger partial charge on any atom is -0.399 e. The van der Waals surface area contributed by atoms with Gasteiger partial charge in [-0.05, 0) is 11.5 Å². The van der Waals surface area contributed by atoms with Crippen LogP contribution in [0.3, 0.4) is 0 Å². The number of hydrogen-bond acceptors (Lipinski definition) is 3. The molecule has 0 amide bonds. The summed E-state index contributed by atoms with van der Waals surface area (Å²) in [6, 6.07) is 0. The van der Waals surface area contributed by atoms with Gasteiger partial charge in [0.25, 0.3) is 0 Å². The summed E-state index contributed by atoms with van der Waals surface area (Å²) in [5.74, 6) is 0. The molecule has 0 aromatic heterocycles. The molecule has 0 aliphatic carbocycles. The maximum absolute atomic E-state index is 5.60. The lowest BCUT2D eigenvalue weighted by Gasteiger charge is -2.12. The third kappa shape index (κ3) is 1.54. The second-order valence-electron chi connectivity index (χ2n) is 1.67. The van der Waals surface area contributed by atoms with Gasteiger partial charge in [0.15, 0.2) is 0 Å². The Morgan fingerprint density at radius 1 is 1.56 bits per heavy atom. The quantitative estimate of drug-likeness (QED) is 0.503. The fraction of sp³-hybridized carbons (Fsp3) is 0.200. The lowest BCUT2D eigenvalue weighted by molar-refractivity contribution is 1.20. The van der Waals surface area contributed by atoms with Gasteiger partial charge in [0, 0.05) is 0 Å². The van der Waals surface area contributed by atoms with Crippen LogP contribution in [0.4, 0.5) is 0 Å². The van der Waals surface area contributed by atoms with Crippen LogP contribution in [0, 0.1) is 0 Å². The molecule has 0 aromatic rings. The summed E-state index contributed by atoms with van der Waals surface area (Å²) in [7, 11) is 0. The van der Waals surface area contributed by atoms with E-state index in [2.05, 4.69) is 22.6 Å². The van der Waals surface area contributed by atoms with Gasteiger partial charge in [-0.2, -0.15) is 0 Å². The zero-order valence-corrected chi connectivity index (χ0v) is 7.65. The molecule has 1 heterocycles. The van der Waals surface area contributed by atoms with E-state index in [0.29, 0.717) is 8.95 Å². The Hall–Kier alpha value is 0.160. The van der Waals surface area contributed by atoms with Crippen molar-refractivity contribution in [2.24, 2.45) is 11.5 Å². The molecular weight excluding hydrogens is 247 g/mol. The molecule has 4 N–H and O–H groups in total. The average molecular weight is 254 g/mol. The third-order valence-corrected chi connectivity index (χ3v) is 3.36. The van der Waals surface area contributed by atoms with Gasteiger partial charge in [-0.15, -0.1) is 11.8 Å². The van der Waals surface area contributed by atoms with Crippen LogP contribution in [-0.4, -0.2) is 3.26 Å². The zero-order chi connectivity index (χ0) is 6.85. The number of halogens is 1. The third-order valence-electron chi connectivity index (χ3n) is 1.02. The molecule has 4 heteroatoms. The Morgan fingerprint density at radius 2 is 2.22 bits per heavy atom. The average Bonchev–Trinajstić information content (AvgIpc) is 1.83. The van der Waals surface area contributed by atoms with Crippen LogP contribution in [0.2, 0.25) is 0 Å². The normalized spacial score (nSPS) is 27.0. The fourth-order valence-electron chi connectivity index (χ4n) is 0.482. The highest BCUT2D eigenvalue weighted by molar-refractivity contribution is 14.1. The van der Waals surface area contributed by atoms with Crippen molar-refractivity contribution in [2.75, 3.05) is 0 Å². The largest absolute Gasteiger partial charge is 0.399 e. The van der Waals surface area contributed by atoms with Crippen LogP contribution >= 0.6 is 34.4 Å². The van der Waals surface area contributed by atoms with Gasteiger partial charge < -0.3 is 11.5 Å². The molecule has 0 radical (unpaired) electrons. The summed E-state index contributed by atoms with van der Waals surface area (Å²) in [6.45, 7) is 0. The molecule has 0 bridgehead atoms. The molecule has 1 rings (SSSR count). The first-order chi connectivity index (χ1) is 4.22. The van der Waals surface area contributed by atoms with E-state index in [4.69, 9.17) is 11.5 Å². The number of rotatable bonds is 0. The number of nitrogens with two attached hydrogens (primary N) is 2. The smallest absolute Gasteiger partial charge is 0.102 e. The molecule has 0 saturated heterocycles. The first-order valence-corrected chi connectivity index (χ1v) is 4.62. The molecule has 0 spiro atoms. The standard InChI is InChI=1S/C5H7IN2S/c6-5-4(8)3(7)1-2-9-5/h1-2,5H,7-8H2. The van der Waals surface area contributed by atoms with E-state index in [1.165, 1.54) is 0 Å². The van der Waals surface area contributed by atoms with Crippen LogP contribution in [0.5, 0.6) is 0 Å². The lowest BCUT2D eigenvalue weighted by Crippen LogP contribution is -2.16. The summed E-state index contributed by atoms with van der Waals surface area (Å²) in [4.78, 5) is 0. The summed E-state index contributed by atoms with van der Waals surface area (Å²) < 4.78 is 0.313. The van der Waals surface area contributed by atoms with Gasteiger partial charge >= 0.3 is 0 Å². The SMILES string of the molecule is NC1=C(N)C(I)SC=C1. The van der Waals surface area contributed by atoms with Gasteiger partial charge in [0.2, 0.25) is 0 Å². The molecule has 0 aromatic carbocycles. The van der Waals surface area contributed by atoms with Crippen molar-refractivity contribution in [1.29, 1.82) is 0 Å². The summed E-state index contributed by atoms with van der Waals surface area (Å²) in [5.41, 5.74) is 12.6. The van der Waals surface area contributed by atoms with E-state index in [9.17, 15) is 0 Å². The molecule has 1 atom stereocenters. The Kier molecular flexibility index (Phi) is 2.29. The Labute approximate surface area is 71.9 Å². The van der Waals surface area contributed by atoms with E-state index < -0.39 is 0 Å². The summed E-state index contributed by atoms with van der Waals surface area (Å²) in [5, 5.41) is 1.96. The van der Waals surface area contributed by atoms with Crippen molar-refractivity contribution in [2.45, 2.75) is 3.26 Å².